The average Bonchev–Trinajstić information content (AvgIpc) is 2.61. The van der Waals surface area contributed by atoms with Gasteiger partial charge in [0.15, 0.2) is 0 Å². The van der Waals surface area contributed by atoms with Gasteiger partial charge >= 0.3 is 0 Å². The van der Waals surface area contributed by atoms with Crippen molar-refractivity contribution < 1.29 is 0 Å². The second-order valence-corrected chi connectivity index (χ2v) is 4.75. The van der Waals surface area contributed by atoms with Crippen molar-refractivity contribution in [1.82, 2.24) is 9.97 Å². The van der Waals surface area contributed by atoms with E-state index in [2.05, 4.69) is 9.97 Å². The molecule has 2 nitrogen and oxygen atoms in total. The number of rotatable bonds is 2. The standard InChI is InChI=1S/C12H12Cl2N2.ClH/c1-7(13)11-8(2)15-12(16-11)9-5-3-4-6-10(9)14;/h3-7H,1-2H3,(H,15,16);1H. The summed E-state index contributed by atoms with van der Waals surface area (Å²) in [7, 11) is 0. The minimum absolute atomic E-state index is 0. The molecule has 1 heterocycles. The molecule has 1 N–H and O–H groups in total. The van der Waals surface area contributed by atoms with Gasteiger partial charge in [-0.1, -0.05) is 23.7 Å². The van der Waals surface area contributed by atoms with Crippen molar-refractivity contribution in [3.63, 3.8) is 0 Å². The van der Waals surface area contributed by atoms with Gasteiger partial charge in [-0.05, 0) is 26.0 Å². The van der Waals surface area contributed by atoms with Crippen LogP contribution in [0.1, 0.15) is 23.7 Å². The first-order valence-electron chi connectivity index (χ1n) is 5.05. The van der Waals surface area contributed by atoms with Gasteiger partial charge in [0.1, 0.15) is 5.82 Å². The van der Waals surface area contributed by atoms with Crippen LogP contribution in [-0.2, 0) is 0 Å². The number of alkyl halides is 1. The average molecular weight is 292 g/mol. The molecule has 0 aliphatic carbocycles. The van der Waals surface area contributed by atoms with E-state index in [1.165, 1.54) is 0 Å². The van der Waals surface area contributed by atoms with E-state index in [-0.39, 0.29) is 17.8 Å². The summed E-state index contributed by atoms with van der Waals surface area (Å²) in [6, 6.07) is 7.61. The number of halogens is 3. The highest BCUT2D eigenvalue weighted by molar-refractivity contribution is 6.33. The second-order valence-electron chi connectivity index (χ2n) is 3.69. The molecule has 0 saturated heterocycles. The van der Waals surface area contributed by atoms with Gasteiger partial charge in [0, 0.05) is 11.3 Å². The monoisotopic (exact) mass is 290 g/mol. The Kier molecular flexibility index (Phi) is 4.87. The number of hydrogen-bond acceptors (Lipinski definition) is 1. The molecule has 1 atom stereocenters. The number of hydrogen-bond donors (Lipinski definition) is 1. The molecular formula is C12H13Cl3N2. The maximum atomic E-state index is 6.11. The Hall–Kier alpha value is -0.700. The van der Waals surface area contributed by atoms with Gasteiger partial charge in [-0.2, -0.15) is 0 Å². The molecule has 0 saturated carbocycles. The predicted molar refractivity (Wildman–Crippen MR) is 75.3 cm³/mol. The number of nitrogens with zero attached hydrogens (tertiary/aromatic N) is 1. The Bertz CT molecular complexity index is 506. The van der Waals surface area contributed by atoms with Gasteiger partial charge in [-0.25, -0.2) is 4.98 Å². The third-order valence-corrected chi connectivity index (χ3v) is 2.96. The lowest BCUT2D eigenvalue weighted by molar-refractivity contribution is 0.998. The Morgan fingerprint density at radius 3 is 2.47 bits per heavy atom. The summed E-state index contributed by atoms with van der Waals surface area (Å²) in [5.41, 5.74) is 2.75. The van der Waals surface area contributed by atoms with Crippen molar-refractivity contribution in [2.45, 2.75) is 19.2 Å². The lowest BCUT2D eigenvalue weighted by Gasteiger charge is -1.99. The maximum absolute atomic E-state index is 6.11. The number of aryl methyl sites for hydroxylation is 1. The molecule has 5 heteroatoms. The van der Waals surface area contributed by atoms with Crippen LogP contribution >= 0.6 is 35.6 Å². The second kappa shape index (κ2) is 5.76. The molecule has 0 spiro atoms. The number of nitrogens with one attached hydrogen (secondary N) is 1. The largest absolute Gasteiger partial charge is 0.342 e. The van der Waals surface area contributed by atoms with Crippen LogP contribution in [0.15, 0.2) is 24.3 Å². The third kappa shape index (κ3) is 2.95. The van der Waals surface area contributed by atoms with Gasteiger partial charge in [-0.3, -0.25) is 0 Å². The number of benzene rings is 1. The van der Waals surface area contributed by atoms with Crippen molar-refractivity contribution in [3.8, 4) is 11.4 Å². The summed E-state index contributed by atoms with van der Waals surface area (Å²) in [6.45, 7) is 3.86. The summed E-state index contributed by atoms with van der Waals surface area (Å²) in [5.74, 6) is 0.769. The molecular weight excluding hydrogens is 279 g/mol. The molecule has 0 amide bonds. The molecule has 0 bridgehead atoms. The maximum Gasteiger partial charge on any atom is 0.139 e. The minimum Gasteiger partial charge on any atom is -0.342 e. The normalized spacial score (nSPS) is 12.0. The fraction of sp³-hybridized carbons (Fsp3) is 0.250. The van der Waals surface area contributed by atoms with E-state index in [1.807, 2.05) is 38.1 Å². The van der Waals surface area contributed by atoms with Crippen LogP contribution in [0.5, 0.6) is 0 Å². The first-order chi connectivity index (χ1) is 7.59. The fourth-order valence-corrected chi connectivity index (χ4v) is 2.08. The van der Waals surface area contributed by atoms with Crippen LogP contribution in [0.3, 0.4) is 0 Å². The van der Waals surface area contributed by atoms with Gasteiger partial charge < -0.3 is 4.98 Å². The lowest BCUT2D eigenvalue weighted by Crippen LogP contribution is -1.87. The molecule has 92 valence electrons. The number of H-pyrrole nitrogens is 1. The fourth-order valence-electron chi connectivity index (χ4n) is 1.64. The quantitative estimate of drug-likeness (QED) is 0.794. The SMILES string of the molecule is Cc1[nH]c(-c2ccccc2Cl)nc1C(C)Cl.Cl. The van der Waals surface area contributed by atoms with Crippen LogP contribution in [0.25, 0.3) is 11.4 Å². The van der Waals surface area contributed by atoms with Crippen molar-refractivity contribution in [2.24, 2.45) is 0 Å². The van der Waals surface area contributed by atoms with E-state index < -0.39 is 0 Å². The molecule has 17 heavy (non-hydrogen) atoms. The van der Waals surface area contributed by atoms with Crippen molar-refractivity contribution in [2.75, 3.05) is 0 Å². The van der Waals surface area contributed by atoms with E-state index in [4.69, 9.17) is 23.2 Å². The van der Waals surface area contributed by atoms with Crippen molar-refractivity contribution >= 4 is 35.6 Å². The zero-order chi connectivity index (χ0) is 11.7. The van der Waals surface area contributed by atoms with Crippen molar-refractivity contribution in [3.05, 3.63) is 40.7 Å². The highest BCUT2D eigenvalue weighted by atomic mass is 35.5. The Morgan fingerprint density at radius 2 is 1.94 bits per heavy atom. The van der Waals surface area contributed by atoms with Crippen LogP contribution < -0.4 is 0 Å². The molecule has 2 rings (SSSR count). The highest BCUT2D eigenvalue weighted by Crippen LogP contribution is 2.29. The Labute approximate surface area is 117 Å². The van der Waals surface area contributed by atoms with Gasteiger partial charge in [-0.15, -0.1) is 24.0 Å². The molecule has 1 unspecified atom stereocenters. The van der Waals surface area contributed by atoms with E-state index in [9.17, 15) is 0 Å². The molecule has 0 fully saturated rings. The zero-order valence-electron chi connectivity index (χ0n) is 9.50. The van der Waals surface area contributed by atoms with Gasteiger partial charge in [0.05, 0.1) is 16.1 Å². The zero-order valence-corrected chi connectivity index (χ0v) is 11.8. The molecule has 0 aliphatic rings. The van der Waals surface area contributed by atoms with Crippen LogP contribution in [0, 0.1) is 6.92 Å². The predicted octanol–water partition coefficient (Wildman–Crippen LogP) is 4.76. The summed E-state index contributed by atoms with van der Waals surface area (Å²) in [6.07, 6.45) is 0. The van der Waals surface area contributed by atoms with Gasteiger partial charge in [0.2, 0.25) is 0 Å². The molecule has 1 aromatic carbocycles. The highest BCUT2D eigenvalue weighted by Gasteiger charge is 2.13. The Morgan fingerprint density at radius 1 is 1.29 bits per heavy atom. The lowest BCUT2D eigenvalue weighted by atomic mass is 10.2. The Balaban J connectivity index is 0.00000144. The molecule has 2 aromatic rings. The van der Waals surface area contributed by atoms with E-state index in [1.54, 1.807) is 0 Å². The first kappa shape index (κ1) is 14.4. The van der Waals surface area contributed by atoms with Crippen LogP contribution in [0.2, 0.25) is 5.02 Å². The van der Waals surface area contributed by atoms with E-state index in [0.29, 0.717) is 5.02 Å². The number of aromatic nitrogens is 2. The summed E-state index contributed by atoms with van der Waals surface area (Å²) in [4.78, 5) is 7.67. The minimum atomic E-state index is -0.104. The van der Waals surface area contributed by atoms with E-state index in [0.717, 1.165) is 22.8 Å². The summed E-state index contributed by atoms with van der Waals surface area (Å²) < 4.78 is 0. The topological polar surface area (TPSA) is 28.7 Å². The molecule has 0 aliphatic heterocycles. The summed E-state index contributed by atoms with van der Waals surface area (Å²) >= 11 is 12.1. The number of imidazole rings is 1. The van der Waals surface area contributed by atoms with Crippen molar-refractivity contribution in [1.29, 1.82) is 0 Å². The smallest absolute Gasteiger partial charge is 0.139 e. The van der Waals surface area contributed by atoms with Crippen LogP contribution in [0.4, 0.5) is 0 Å². The summed E-state index contributed by atoms with van der Waals surface area (Å²) in [5, 5.41) is 0.581. The molecule has 0 radical (unpaired) electrons. The number of aromatic amines is 1. The first-order valence-corrected chi connectivity index (χ1v) is 5.86. The third-order valence-electron chi connectivity index (χ3n) is 2.43. The van der Waals surface area contributed by atoms with Crippen LogP contribution in [-0.4, -0.2) is 9.97 Å². The van der Waals surface area contributed by atoms with E-state index >= 15 is 0 Å². The molecule has 1 aromatic heterocycles. The van der Waals surface area contributed by atoms with Gasteiger partial charge in [0.25, 0.3) is 0 Å².